The van der Waals surface area contributed by atoms with Crippen molar-refractivity contribution in [2.45, 2.75) is 19.8 Å². The van der Waals surface area contributed by atoms with E-state index in [0.29, 0.717) is 30.3 Å². The van der Waals surface area contributed by atoms with Crippen LogP contribution in [0.15, 0.2) is 52.9 Å². The third-order valence-corrected chi connectivity index (χ3v) is 3.50. The molecule has 2 aromatic carbocycles. The summed E-state index contributed by atoms with van der Waals surface area (Å²) in [5, 5.41) is 10.6. The number of carbonyl (C=O) groups is 1. The van der Waals surface area contributed by atoms with Crippen LogP contribution in [-0.2, 0) is 11.2 Å². The average Bonchev–Trinajstić information content (AvgIpc) is 3.01. The minimum Gasteiger partial charge on any atom is -0.421 e. The molecule has 0 fully saturated rings. The Morgan fingerprint density at radius 2 is 1.79 bits per heavy atom. The molecule has 0 saturated carbocycles. The highest BCUT2D eigenvalue weighted by atomic mass is 19.1. The number of benzene rings is 2. The number of halogens is 1. The lowest BCUT2D eigenvalue weighted by Gasteiger charge is -2.06. The van der Waals surface area contributed by atoms with Crippen LogP contribution in [-0.4, -0.2) is 16.1 Å². The highest BCUT2D eigenvalue weighted by molar-refractivity contribution is 5.91. The Kier molecular flexibility index (Phi) is 4.65. The number of carbonyl (C=O) groups excluding carboxylic acids is 1. The van der Waals surface area contributed by atoms with E-state index >= 15 is 0 Å². The van der Waals surface area contributed by atoms with Gasteiger partial charge in [-0.3, -0.25) is 4.79 Å². The number of hydrogen-bond acceptors (Lipinski definition) is 4. The molecule has 1 N–H and O–H groups in total. The molecule has 6 heteroatoms. The van der Waals surface area contributed by atoms with E-state index in [1.165, 1.54) is 12.1 Å². The average molecular weight is 325 g/mol. The molecule has 3 rings (SSSR count). The first kappa shape index (κ1) is 15.9. The second-order valence-corrected chi connectivity index (χ2v) is 5.38. The molecule has 1 amide bonds. The van der Waals surface area contributed by atoms with E-state index in [0.717, 1.165) is 11.1 Å². The van der Waals surface area contributed by atoms with E-state index in [2.05, 4.69) is 15.5 Å². The van der Waals surface area contributed by atoms with Crippen molar-refractivity contribution in [2.24, 2.45) is 0 Å². The summed E-state index contributed by atoms with van der Waals surface area (Å²) >= 11 is 0. The number of nitrogens with one attached hydrogen (secondary N) is 1. The summed E-state index contributed by atoms with van der Waals surface area (Å²) in [5.74, 6) is 0.574. The fourth-order valence-electron chi connectivity index (χ4n) is 2.24. The van der Waals surface area contributed by atoms with Gasteiger partial charge in [0.2, 0.25) is 17.7 Å². The van der Waals surface area contributed by atoms with Crippen molar-refractivity contribution in [1.82, 2.24) is 10.2 Å². The molecule has 0 atom stereocenters. The van der Waals surface area contributed by atoms with Crippen molar-refractivity contribution in [3.63, 3.8) is 0 Å². The van der Waals surface area contributed by atoms with Gasteiger partial charge in [-0.25, -0.2) is 4.39 Å². The number of hydrogen-bond donors (Lipinski definition) is 1. The lowest BCUT2D eigenvalue weighted by molar-refractivity contribution is -0.116. The monoisotopic (exact) mass is 325 g/mol. The maximum Gasteiger partial charge on any atom is 0.247 e. The van der Waals surface area contributed by atoms with Crippen LogP contribution in [0.25, 0.3) is 11.5 Å². The van der Waals surface area contributed by atoms with Gasteiger partial charge in [-0.1, -0.05) is 12.1 Å². The van der Waals surface area contributed by atoms with Gasteiger partial charge in [0.1, 0.15) is 5.82 Å². The van der Waals surface area contributed by atoms with E-state index in [4.69, 9.17) is 4.42 Å². The molecular formula is C18H16FN3O2. The lowest BCUT2D eigenvalue weighted by atomic mass is 10.1. The van der Waals surface area contributed by atoms with Crippen molar-refractivity contribution >= 4 is 11.6 Å². The molecule has 24 heavy (non-hydrogen) atoms. The standard InChI is InChI=1S/C18H16FN3O2/c1-12-21-22-18(24-12)14-5-9-16(10-6-14)20-17(23)11-4-13-2-7-15(19)8-3-13/h2-3,5-10H,4,11H2,1H3,(H,20,23). The van der Waals surface area contributed by atoms with Gasteiger partial charge in [0.15, 0.2) is 0 Å². The number of aryl methyl sites for hydroxylation is 2. The van der Waals surface area contributed by atoms with Crippen molar-refractivity contribution in [3.8, 4) is 11.5 Å². The van der Waals surface area contributed by atoms with Gasteiger partial charge in [-0.2, -0.15) is 0 Å². The van der Waals surface area contributed by atoms with E-state index in [1.807, 2.05) is 12.1 Å². The second-order valence-electron chi connectivity index (χ2n) is 5.38. The largest absolute Gasteiger partial charge is 0.421 e. The first-order valence-electron chi connectivity index (χ1n) is 7.55. The molecule has 0 bridgehead atoms. The summed E-state index contributed by atoms with van der Waals surface area (Å²) in [6.07, 6.45) is 0.891. The van der Waals surface area contributed by atoms with Gasteiger partial charge < -0.3 is 9.73 Å². The number of rotatable bonds is 5. The first-order valence-corrected chi connectivity index (χ1v) is 7.55. The highest BCUT2D eigenvalue weighted by Gasteiger charge is 2.07. The second kappa shape index (κ2) is 7.04. The molecule has 122 valence electrons. The van der Waals surface area contributed by atoms with Crippen LogP contribution >= 0.6 is 0 Å². The molecule has 3 aromatic rings. The topological polar surface area (TPSA) is 68.0 Å². The van der Waals surface area contributed by atoms with Crippen LogP contribution in [0.2, 0.25) is 0 Å². The van der Waals surface area contributed by atoms with Crippen LogP contribution in [0.1, 0.15) is 17.9 Å². The lowest BCUT2D eigenvalue weighted by Crippen LogP contribution is -2.12. The summed E-state index contributed by atoms with van der Waals surface area (Å²) < 4.78 is 18.2. The minimum absolute atomic E-state index is 0.0966. The zero-order valence-electron chi connectivity index (χ0n) is 13.1. The van der Waals surface area contributed by atoms with Gasteiger partial charge in [0.05, 0.1) is 0 Å². The van der Waals surface area contributed by atoms with Crippen molar-refractivity contribution < 1.29 is 13.6 Å². The molecule has 5 nitrogen and oxygen atoms in total. The number of amides is 1. The summed E-state index contributed by atoms with van der Waals surface area (Å²) in [6, 6.07) is 13.3. The zero-order chi connectivity index (χ0) is 16.9. The zero-order valence-corrected chi connectivity index (χ0v) is 13.1. The molecule has 0 saturated heterocycles. The third kappa shape index (κ3) is 4.04. The van der Waals surface area contributed by atoms with Crippen LogP contribution in [0.5, 0.6) is 0 Å². The molecule has 0 radical (unpaired) electrons. The van der Waals surface area contributed by atoms with Crippen LogP contribution in [0.3, 0.4) is 0 Å². The predicted octanol–water partition coefficient (Wildman–Crippen LogP) is 3.76. The van der Waals surface area contributed by atoms with Gasteiger partial charge in [0.25, 0.3) is 0 Å². The summed E-state index contributed by atoms with van der Waals surface area (Å²) in [6.45, 7) is 1.73. The van der Waals surface area contributed by atoms with Gasteiger partial charge >= 0.3 is 0 Å². The molecule has 0 unspecified atom stereocenters. The van der Waals surface area contributed by atoms with Gasteiger partial charge in [-0.05, 0) is 48.4 Å². The Balaban J connectivity index is 1.55. The number of aromatic nitrogens is 2. The molecular weight excluding hydrogens is 309 g/mol. The van der Waals surface area contributed by atoms with E-state index in [-0.39, 0.29) is 11.7 Å². The van der Waals surface area contributed by atoms with E-state index in [1.54, 1.807) is 31.2 Å². The van der Waals surface area contributed by atoms with Crippen LogP contribution in [0, 0.1) is 12.7 Å². The predicted molar refractivity (Wildman–Crippen MR) is 87.8 cm³/mol. The molecule has 1 heterocycles. The summed E-state index contributed by atoms with van der Waals surface area (Å²) in [4.78, 5) is 12.0. The van der Waals surface area contributed by atoms with Gasteiger partial charge in [0, 0.05) is 24.6 Å². The Hall–Kier alpha value is -3.02. The summed E-state index contributed by atoms with van der Waals surface area (Å²) in [7, 11) is 0. The van der Waals surface area contributed by atoms with E-state index in [9.17, 15) is 9.18 Å². The fraction of sp³-hybridized carbons (Fsp3) is 0.167. The smallest absolute Gasteiger partial charge is 0.247 e. The maximum absolute atomic E-state index is 12.8. The Labute approximate surface area is 138 Å². The van der Waals surface area contributed by atoms with Crippen molar-refractivity contribution in [2.75, 3.05) is 5.32 Å². The highest BCUT2D eigenvalue weighted by Crippen LogP contribution is 2.20. The van der Waals surface area contributed by atoms with Crippen LogP contribution < -0.4 is 5.32 Å². The Morgan fingerprint density at radius 1 is 1.08 bits per heavy atom. The molecule has 0 spiro atoms. The molecule has 0 aliphatic carbocycles. The van der Waals surface area contributed by atoms with Crippen molar-refractivity contribution in [3.05, 3.63) is 65.8 Å². The normalized spacial score (nSPS) is 10.6. The third-order valence-electron chi connectivity index (χ3n) is 3.50. The Morgan fingerprint density at radius 3 is 2.42 bits per heavy atom. The summed E-state index contributed by atoms with van der Waals surface area (Å²) in [5.41, 5.74) is 2.41. The SMILES string of the molecule is Cc1nnc(-c2ccc(NC(=O)CCc3ccc(F)cc3)cc2)o1. The Bertz CT molecular complexity index is 826. The molecule has 0 aliphatic heterocycles. The van der Waals surface area contributed by atoms with E-state index < -0.39 is 0 Å². The fourth-order valence-corrected chi connectivity index (χ4v) is 2.24. The molecule has 1 aromatic heterocycles. The maximum atomic E-state index is 12.8. The number of anilines is 1. The van der Waals surface area contributed by atoms with Crippen LogP contribution in [0.4, 0.5) is 10.1 Å². The van der Waals surface area contributed by atoms with Crippen molar-refractivity contribution in [1.29, 1.82) is 0 Å². The van der Waals surface area contributed by atoms with Gasteiger partial charge in [-0.15, -0.1) is 10.2 Å². The molecule has 0 aliphatic rings. The number of nitrogens with zero attached hydrogens (tertiary/aromatic N) is 2. The first-order chi connectivity index (χ1) is 11.6. The minimum atomic E-state index is -0.278. The quantitative estimate of drug-likeness (QED) is 0.775.